The number of nitrogens with zero attached hydrogens (tertiary/aromatic N) is 3. The fourth-order valence-electron chi connectivity index (χ4n) is 4.63. The molecule has 1 fully saturated rings. The molecule has 3 aromatic rings. The van der Waals surface area contributed by atoms with Gasteiger partial charge in [-0.25, -0.2) is 14.4 Å². The number of carbonyl (C=O) groups excluding carboxylic acids is 1. The number of ether oxygens (including phenoxy) is 1. The summed E-state index contributed by atoms with van der Waals surface area (Å²) in [5.41, 5.74) is 3.78. The Labute approximate surface area is 215 Å². The van der Waals surface area contributed by atoms with E-state index in [4.69, 9.17) is 16.3 Å². The van der Waals surface area contributed by atoms with E-state index in [2.05, 4.69) is 37.6 Å². The van der Waals surface area contributed by atoms with Gasteiger partial charge in [0.25, 0.3) is 5.91 Å². The molecule has 1 saturated heterocycles. The van der Waals surface area contributed by atoms with Crippen LogP contribution in [-0.4, -0.2) is 42.1 Å². The van der Waals surface area contributed by atoms with Gasteiger partial charge in [0.2, 0.25) is 5.95 Å². The van der Waals surface area contributed by atoms with E-state index in [1.54, 1.807) is 6.07 Å². The fourth-order valence-corrected chi connectivity index (χ4v) is 4.82. The Morgan fingerprint density at radius 3 is 2.72 bits per heavy atom. The molecule has 0 atom stereocenters. The molecular formula is C27H29ClFN5O2. The van der Waals surface area contributed by atoms with Crippen LogP contribution < -0.4 is 15.5 Å². The third-order valence-electron chi connectivity index (χ3n) is 6.52. The number of hydrogen-bond donors (Lipinski definition) is 2. The number of amides is 1. The highest BCUT2D eigenvalue weighted by Gasteiger charge is 2.18. The molecule has 2 N–H and O–H groups in total. The predicted octanol–water partition coefficient (Wildman–Crippen LogP) is 5.71. The largest absolute Gasteiger partial charge is 0.377 e. The summed E-state index contributed by atoms with van der Waals surface area (Å²) in [4.78, 5) is 23.7. The Kier molecular flexibility index (Phi) is 7.63. The zero-order chi connectivity index (χ0) is 24.9. The Bertz CT molecular complexity index is 1250. The van der Waals surface area contributed by atoms with E-state index < -0.39 is 5.82 Å². The van der Waals surface area contributed by atoms with Crippen molar-refractivity contribution in [1.82, 2.24) is 15.3 Å². The highest BCUT2D eigenvalue weighted by Crippen LogP contribution is 2.32. The molecule has 0 radical (unpaired) electrons. The average Bonchev–Trinajstić information content (AvgIpc) is 2.89. The SMILES string of the molecule is O=C1NCCCCOCc2cc(ccc2N2CCCCC2)Nc2ncc(Cl)c(n2)-c2ccc1cc2F. The van der Waals surface area contributed by atoms with Crippen molar-refractivity contribution < 1.29 is 13.9 Å². The van der Waals surface area contributed by atoms with Gasteiger partial charge in [0.1, 0.15) is 5.82 Å². The van der Waals surface area contributed by atoms with Crippen molar-refractivity contribution in [3.05, 3.63) is 64.6 Å². The van der Waals surface area contributed by atoms with Crippen molar-refractivity contribution in [3.8, 4) is 11.3 Å². The molecule has 7 nitrogen and oxygen atoms in total. The van der Waals surface area contributed by atoms with Crippen LogP contribution in [0.15, 0.2) is 42.6 Å². The van der Waals surface area contributed by atoms with Crippen LogP contribution in [0, 0.1) is 5.82 Å². The van der Waals surface area contributed by atoms with Gasteiger partial charge in [-0.2, -0.15) is 0 Å². The van der Waals surface area contributed by atoms with Crippen molar-refractivity contribution in [2.24, 2.45) is 0 Å². The van der Waals surface area contributed by atoms with E-state index >= 15 is 4.39 Å². The summed E-state index contributed by atoms with van der Waals surface area (Å²) in [6.45, 7) is 3.63. The van der Waals surface area contributed by atoms with E-state index in [0.717, 1.165) is 37.2 Å². The first-order chi connectivity index (χ1) is 17.6. The van der Waals surface area contributed by atoms with Gasteiger partial charge < -0.3 is 20.3 Å². The molecule has 188 valence electrons. The lowest BCUT2D eigenvalue weighted by atomic mass is 10.1. The molecule has 3 aliphatic heterocycles. The summed E-state index contributed by atoms with van der Waals surface area (Å²) < 4.78 is 21.0. The molecule has 3 aliphatic rings. The lowest BCUT2D eigenvalue weighted by Crippen LogP contribution is -2.30. The number of anilines is 3. The van der Waals surface area contributed by atoms with Crippen molar-refractivity contribution in [1.29, 1.82) is 0 Å². The number of nitrogens with one attached hydrogen (secondary N) is 2. The molecule has 36 heavy (non-hydrogen) atoms. The lowest BCUT2D eigenvalue weighted by Gasteiger charge is -2.31. The molecule has 4 heterocycles. The van der Waals surface area contributed by atoms with Gasteiger partial charge in [-0.05, 0) is 68.5 Å². The molecule has 1 amide bonds. The first-order valence-electron chi connectivity index (χ1n) is 12.4. The second-order valence-corrected chi connectivity index (χ2v) is 9.52. The van der Waals surface area contributed by atoms with E-state index in [9.17, 15) is 4.79 Å². The van der Waals surface area contributed by atoms with E-state index in [0.29, 0.717) is 25.7 Å². The molecule has 6 rings (SSSR count). The number of piperidine rings is 1. The van der Waals surface area contributed by atoms with Crippen LogP contribution in [0.2, 0.25) is 5.02 Å². The van der Waals surface area contributed by atoms with Crippen molar-refractivity contribution in [3.63, 3.8) is 0 Å². The second kappa shape index (κ2) is 11.2. The lowest BCUT2D eigenvalue weighted by molar-refractivity contribution is 0.0945. The van der Waals surface area contributed by atoms with Crippen LogP contribution in [0.5, 0.6) is 0 Å². The highest BCUT2D eigenvalue weighted by molar-refractivity contribution is 6.32. The summed E-state index contributed by atoms with van der Waals surface area (Å²) in [6.07, 6.45) is 6.65. The quantitative estimate of drug-likeness (QED) is 0.437. The standard InChI is InChI=1S/C27H29ClFN5O2/c28-22-16-31-27-32-20-7-9-24(34-11-3-1-4-12-34)19(14-20)17-36-13-5-2-10-30-26(35)18-6-8-21(23(29)15-18)25(22)33-27/h6-9,14-16H,1-5,10-13,17H2,(H,30,35)(H,31,32,33). The van der Waals surface area contributed by atoms with Crippen LogP contribution in [0.25, 0.3) is 11.3 Å². The number of rotatable bonds is 1. The molecule has 1 aromatic heterocycles. The number of hydrogen-bond acceptors (Lipinski definition) is 6. The smallest absolute Gasteiger partial charge is 0.251 e. The summed E-state index contributed by atoms with van der Waals surface area (Å²) in [7, 11) is 0. The molecule has 0 unspecified atom stereocenters. The first kappa shape index (κ1) is 24.5. The zero-order valence-corrected chi connectivity index (χ0v) is 20.8. The zero-order valence-electron chi connectivity index (χ0n) is 20.0. The van der Waals surface area contributed by atoms with Gasteiger partial charge in [-0.15, -0.1) is 0 Å². The van der Waals surface area contributed by atoms with E-state index in [-0.39, 0.29) is 27.8 Å². The molecule has 0 aliphatic carbocycles. The third kappa shape index (κ3) is 5.60. The number of fused-ring (bicyclic) bond motifs is 9. The molecule has 2 aromatic carbocycles. The van der Waals surface area contributed by atoms with Crippen molar-refractivity contribution in [2.75, 3.05) is 36.5 Å². The minimum absolute atomic E-state index is 0.203. The maximum absolute atomic E-state index is 15.0. The summed E-state index contributed by atoms with van der Waals surface area (Å²) in [6, 6.07) is 10.5. The molecule has 0 spiro atoms. The number of benzene rings is 2. The summed E-state index contributed by atoms with van der Waals surface area (Å²) in [5, 5.41) is 6.30. The Balaban J connectivity index is 1.50. The normalized spacial score (nSPS) is 16.9. The molecular weight excluding hydrogens is 481 g/mol. The molecule has 9 heteroatoms. The van der Waals surface area contributed by atoms with Crippen LogP contribution in [0.1, 0.15) is 48.0 Å². The Morgan fingerprint density at radius 2 is 1.89 bits per heavy atom. The summed E-state index contributed by atoms with van der Waals surface area (Å²) >= 11 is 6.34. The highest BCUT2D eigenvalue weighted by atomic mass is 35.5. The summed E-state index contributed by atoms with van der Waals surface area (Å²) in [5.74, 6) is -0.600. The average molecular weight is 510 g/mol. The monoisotopic (exact) mass is 509 g/mol. The second-order valence-electron chi connectivity index (χ2n) is 9.12. The van der Waals surface area contributed by atoms with Crippen LogP contribution in [0.3, 0.4) is 0 Å². The van der Waals surface area contributed by atoms with Gasteiger partial charge in [-0.1, -0.05) is 11.6 Å². The van der Waals surface area contributed by atoms with Crippen molar-refractivity contribution in [2.45, 2.75) is 38.7 Å². The van der Waals surface area contributed by atoms with Gasteiger partial charge in [-0.3, -0.25) is 4.79 Å². The minimum atomic E-state index is -0.575. The minimum Gasteiger partial charge on any atom is -0.377 e. The van der Waals surface area contributed by atoms with Crippen molar-refractivity contribution >= 4 is 34.8 Å². The predicted molar refractivity (Wildman–Crippen MR) is 139 cm³/mol. The topological polar surface area (TPSA) is 79.4 Å². The first-order valence-corrected chi connectivity index (χ1v) is 12.8. The van der Waals surface area contributed by atoms with E-state index in [1.807, 2.05) is 6.07 Å². The number of carbonyl (C=O) groups is 1. The van der Waals surface area contributed by atoms with E-state index in [1.165, 1.54) is 43.3 Å². The van der Waals surface area contributed by atoms with Crippen LogP contribution in [-0.2, 0) is 11.3 Å². The third-order valence-corrected chi connectivity index (χ3v) is 6.80. The van der Waals surface area contributed by atoms with Crippen LogP contribution >= 0.6 is 11.6 Å². The van der Waals surface area contributed by atoms with Gasteiger partial charge in [0, 0.05) is 54.3 Å². The van der Waals surface area contributed by atoms with Crippen LogP contribution in [0.4, 0.5) is 21.7 Å². The number of aromatic nitrogens is 2. The molecule has 0 saturated carbocycles. The maximum Gasteiger partial charge on any atom is 0.251 e. The fraction of sp³-hybridized carbons (Fsp3) is 0.370. The Morgan fingerprint density at radius 1 is 1.03 bits per heavy atom. The van der Waals surface area contributed by atoms with Gasteiger partial charge in [0.05, 0.1) is 23.5 Å². The van der Waals surface area contributed by atoms with Gasteiger partial charge in [0.15, 0.2) is 0 Å². The molecule has 6 bridgehead atoms. The number of halogens is 2. The Hall–Kier alpha value is -3.23. The van der Waals surface area contributed by atoms with Gasteiger partial charge >= 0.3 is 0 Å². The maximum atomic E-state index is 15.0.